The lowest BCUT2D eigenvalue weighted by molar-refractivity contribution is -0.159. The van der Waals surface area contributed by atoms with Gasteiger partial charge in [0.15, 0.2) is 0 Å². The summed E-state index contributed by atoms with van der Waals surface area (Å²) in [5, 5.41) is 15.8. The van der Waals surface area contributed by atoms with Crippen molar-refractivity contribution in [3.63, 3.8) is 0 Å². The van der Waals surface area contributed by atoms with Gasteiger partial charge in [-0.2, -0.15) is 8.75 Å². The first-order chi connectivity index (χ1) is 12.9. The highest BCUT2D eigenvalue weighted by molar-refractivity contribution is 9.10. The summed E-state index contributed by atoms with van der Waals surface area (Å²) in [5.74, 6) is -2.72. The molecule has 0 aliphatic carbocycles. The van der Waals surface area contributed by atoms with E-state index in [1.807, 2.05) is 0 Å². The van der Waals surface area contributed by atoms with Gasteiger partial charge in [-0.05, 0) is 36.7 Å². The molecule has 27 heavy (non-hydrogen) atoms. The Morgan fingerprint density at radius 3 is 2.48 bits per heavy atom. The molecular weight excluding hydrogens is 454 g/mol. The van der Waals surface area contributed by atoms with Crippen LogP contribution in [-0.2, 0) is 15.3 Å². The highest BCUT2D eigenvalue weighted by Gasteiger charge is 2.17. The summed E-state index contributed by atoms with van der Waals surface area (Å²) < 4.78 is 10.1. The van der Waals surface area contributed by atoms with Crippen LogP contribution < -0.4 is 0 Å². The summed E-state index contributed by atoms with van der Waals surface area (Å²) >= 11 is 6.55. The van der Waals surface area contributed by atoms with Gasteiger partial charge in [0.1, 0.15) is 10.7 Å². The predicted octanol–water partition coefficient (Wildman–Crippen LogP) is 3.47. The van der Waals surface area contributed by atoms with Gasteiger partial charge in [-0.25, -0.2) is 9.59 Å². The molecule has 0 bridgehead atoms. The Kier molecular flexibility index (Phi) is 8.42. The predicted molar refractivity (Wildman–Crippen MR) is 109 cm³/mol. The number of carbonyl (C=O) groups is 2. The molecule has 7 nitrogen and oxygen atoms in total. The largest absolute Gasteiger partial charge is 0.473 e. The summed E-state index contributed by atoms with van der Waals surface area (Å²) in [6, 6.07) is 8.44. The van der Waals surface area contributed by atoms with E-state index in [9.17, 15) is 0 Å². The Balaban J connectivity index is 0.000000380. The average Bonchev–Trinajstić information content (AvgIpc) is 3.10. The van der Waals surface area contributed by atoms with Crippen molar-refractivity contribution in [3.8, 4) is 0 Å². The molecule has 2 heterocycles. The molecule has 0 saturated carbocycles. The second-order valence-electron chi connectivity index (χ2n) is 5.70. The molecule has 2 N–H and O–H groups in total. The van der Waals surface area contributed by atoms with Gasteiger partial charge in [0.2, 0.25) is 0 Å². The molecule has 0 spiro atoms. The fourth-order valence-electron chi connectivity index (χ4n) is 2.27. The van der Waals surface area contributed by atoms with Crippen molar-refractivity contribution in [1.82, 2.24) is 13.6 Å². The number of aromatic nitrogens is 2. The number of rotatable bonds is 4. The minimum absolute atomic E-state index is 0.925. The van der Waals surface area contributed by atoms with E-state index in [-0.39, 0.29) is 0 Å². The van der Waals surface area contributed by atoms with Gasteiger partial charge in [-0.3, -0.25) is 0 Å². The molecule has 0 atom stereocenters. The summed E-state index contributed by atoms with van der Waals surface area (Å²) in [7, 11) is 2.15. The van der Waals surface area contributed by atoms with Gasteiger partial charge in [0, 0.05) is 23.3 Å². The fourth-order valence-corrected chi connectivity index (χ4v) is 4.20. The number of carboxylic acid groups (broad SMARTS) is 2. The van der Waals surface area contributed by atoms with Crippen LogP contribution in [0.2, 0.25) is 0 Å². The third-order valence-electron chi connectivity index (χ3n) is 3.58. The van der Waals surface area contributed by atoms with E-state index in [0.717, 1.165) is 40.5 Å². The zero-order valence-electron chi connectivity index (χ0n) is 14.5. The van der Waals surface area contributed by atoms with E-state index >= 15 is 0 Å². The summed E-state index contributed by atoms with van der Waals surface area (Å²) in [6.45, 7) is 2.10. The lowest BCUT2D eigenvalue weighted by Gasteiger charge is -2.22. The third-order valence-corrected chi connectivity index (χ3v) is 5.78. The second kappa shape index (κ2) is 10.5. The third kappa shape index (κ3) is 7.06. The monoisotopic (exact) mass is 471 g/mol. The average molecular weight is 472 g/mol. The Hall–Kier alpha value is -1.75. The SMILES string of the molecule is CN1CCC=C(c2nsnc2SCc2ccc(Br)cc2)C1.O=C(O)C(=O)O. The molecular formula is C17H18BrN3O4S2. The van der Waals surface area contributed by atoms with E-state index < -0.39 is 11.9 Å². The second-order valence-corrected chi connectivity index (χ2v) is 8.11. The molecule has 0 amide bonds. The Morgan fingerprint density at radius 1 is 1.22 bits per heavy atom. The molecule has 3 rings (SSSR count). The molecule has 1 aromatic heterocycles. The first kappa shape index (κ1) is 21.5. The van der Waals surface area contributed by atoms with Crippen LogP contribution >= 0.6 is 39.4 Å². The standard InChI is InChI=1S/C15H16BrN3S2.C2H2O4/c1-19-8-2-3-12(9-19)14-15(18-21-17-14)20-10-11-4-6-13(16)7-5-11;3-1(4)2(5)6/h3-7H,2,8-10H2,1H3;(H,3,4)(H,5,6). The minimum atomic E-state index is -1.82. The van der Waals surface area contributed by atoms with Crippen molar-refractivity contribution in [3.05, 3.63) is 46.1 Å². The topological polar surface area (TPSA) is 104 Å². The first-order valence-electron chi connectivity index (χ1n) is 7.90. The van der Waals surface area contributed by atoms with Gasteiger partial charge >= 0.3 is 11.9 Å². The van der Waals surface area contributed by atoms with E-state index in [0.29, 0.717) is 0 Å². The summed E-state index contributed by atoms with van der Waals surface area (Å²) in [4.78, 5) is 20.5. The molecule has 1 aromatic carbocycles. The van der Waals surface area contributed by atoms with Crippen LogP contribution in [0, 0.1) is 0 Å². The maximum Gasteiger partial charge on any atom is 0.414 e. The Bertz CT molecular complexity index is 812. The molecule has 144 valence electrons. The smallest absolute Gasteiger partial charge is 0.414 e. The van der Waals surface area contributed by atoms with Crippen LogP contribution in [0.5, 0.6) is 0 Å². The number of hydrogen-bond acceptors (Lipinski definition) is 7. The molecule has 0 unspecified atom stereocenters. The van der Waals surface area contributed by atoms with E-state index in [1.54, 1.807) is 11.8 Å². The maximum atomic E-state index is 9.10. The quantitative estimate of drug-likeness (QED) is 0.515. The number of hydrogen-bond donors (Lipinski definition) is 2. The van der Waals surface area contributed by atoms with E-state index in [4.69, 9.17) is 19.8 Å². The van der Waals surface area contributed by atoms with Crippen molar-refractivity contribution < 1.29 is 19.8 Å². The summed E-state index contributed by atoms with van der Waals surface area (Å²) in [5.41, 5.74) is 3.70. The zero-order chi connectivity index (χ0) is 19.8. The van der Waals surface area contributed by atoms with Crippen molar-refractivity contribution >= 4 is 56.9 Å². The molecule has 1 aliphatic heterocycles. The lowest BCUT2D eigenvalue weighted by Crippen LogP contribution is -2.25. The van der Waals surface area contributed by atoms with Crippen molar-refractivity contribution in [1.29, 1.82) is 0 Å². The number of carboxylic acids is 2. The van der Waals surface area contributed by atoms with Gasteiger partial charge in [-0.1, -0.05) is 45.9 Å². The van der Waals surface area contributed by atoms with Crippen LogP contribution in [0.25, 0.3) is 5.57 Å². The van der Waals surface area contributed by atoms with Gasteiger partial charge in [-0.15, -0.1) is 0 Å². The lowest BCUT2D eigenvalue weighted by atomic mass is 10.1. The number of nitrogens with zero attached hydrogens (tertiary/aromatic N) is 3. The highest BCUT2D eigenvalue weighted by atomic mass is 79.9. The number of thioether (sulfide) groups is 1. The molecule has 2 aromatic rings. The van der Waals surface area contributed by atoms with E-state index in [2.05, 4.69) is 67.0 Å². The number of benzene rings is 1. The fraction of sp³-hybridized carbons (Fsp3) is 0.294. The number of likely N-dealkylation sites (N-methyl/N-ethyl adjacent to an activating group) is 1. The maximum absolute atomic E-state index is 9.10. The van der Waals surface area contributed by atoms with Crippen molar-refractivity contribution in [2.45, 2.75) is 17.2 Å². The van der Waals surface area contributed by atoms with Crippen LogP contribution in [0.15, 0.2) is 39.8 Å². The van der Waals surface area contributed by atoms with Crippen molar-refractivity contribution in [2.24, 2.45) is 0 Å². The van der Waals surface area contributed by atoms with Crippen molar-refractivity contribution in [2.75, 3.05) is 20.1 Å². The van der Waals surface area contributed by atoms with Crippen LogP contribution in [0.3, 0.4) is 0 Å². The molecule has 10 heteroatoms. The highest BCUT2D eigenvalue weighted by Crippen LogP contribution is 2.31. The Labute approximate surface area is 173 Å². The van der Waals surface area contributed by atoms with Crippen LogP contribution in [0.4, 0.5) is 0 Å². The number of halogens is 1. The normalized spacial score (nSPS) is 14.1. The van der Waals surface area contributed by atoms with Gasteiger partial charge < -0.3 is 15.1 Å². The Morgan fingerprint density at radius 2 is 1.89 bits per heavy atom. The molecule has 1 aliphatic rings. The first-order valence-corrected chi connectivity index (χ1v) is 10.4. The van der Waals surface area contributed by atoms with Crippen LogP contribution in [0.1, 0.15) is 17.7 Å². The van der Waals surface area contributed by atoms with Gasteiger partial charge in [0.25, 0.3) is 0 Å². The zero-order valence-corrected chi connectivity index (χ0v) is 17.7. The molecule has 0 radical (unpaired) electrons. The van der Waals surface area contributed by atoms with Gasteiger partial charge in [0.05, 0.1) is 11.7 Å². The molecule has 0 fully saturated rings. The summed E-state index contributed by atoms with van der Waals surface area (Å²) in [6.07, 6.45) is 3.40. The van der Waals surface area contributed by atoms with Crippen LogP contribution in [-0.4, -0.2) is 55.9 Å². The minimum Gasteiger partial charge on any atom is -0.473 e. The number of aliphatic carboxylic acids is 2. The van der Waals surface area contributed by atoms with E-state index in [1.165, 1.54) is 22.9 Å². The molecule has 0 saturated heterocycles.